The monoisotopic (exact) mass is 814 g/mol. The van der Waals surface area contributed by atoms with Gasteiger partial charge in [0.25, 0.3) is 0 Å². The Kier molecular flexibility index (Phi) is 13.4. The third kappa shape index (κ3) is 8.85. The van der Waals surface area contributed by atoms with Gasteiger partial charge in [-0.15, -0.1) is 11.6 Å². The fourth-order valence-electron chi connectivity index (χ4n) is 8.37. The second-order valence-electron chi connectivity index (χ2n) is 16.7. The fraction of sp³-hybridized carbons (Fsp3) is 0.340. The zero-order valence-corrected chi connectivity index (χ0v) is 37.7. The van der Waals surface area contributed by atoms with Gasteiger partial charge in [0, 0.05) is 5.41 Å². The van der Waals surface area contributed by atoms with Crippen molar-refractivity contribution in [1.29, 1.82) is 0 Å². The molecule has 0 bridgehead atoms. The summed E-state index contributed by atoms with van der Waals surface area (Å²) in [5.41, 5.74) is 22.7. The van der Waals surface area contributed by atoms with E-state index in [2.05, 4.69) is 180 Å². The Morgan fingerprint density at radius 1 is 0.679 bits per heavy atom. The molecule has 4 aromatic rings. The van der Waals surface area contributed by atoms with Crippen LogP contribution in [0.25, 0.3) is 22.3 Å². The van der Waals surface area contributed by atoms with Gasteiger partial charge >= 0.3 is 112 Å². The first-order chi connectivity index (χ1) is 23.9. The zero-order valence-electron chi connectivity index (χ0n) is 33.7. The molecule has 8 rings (SSSR count). The van der Waals surface area contributed by atoms with Crippen LogP contribution in [0, 0.1) is 37.8 Å². The molecule has 0 saturated carbocycles. The molecule has 0 saturated heterocycles. The maximum absolute atomic E-state index is 3.65. The molecule has 0 spiro atoms. The SMILES string of the molecule is CC1=[C-]C(C)(C)c2cc3c(cc21)-c1cc2c(cc1C3)C(C)(C)C=C2C.CC1=[C-]C(C)C=C1C(C)C.Cc1ccc([C](=[Zr+2])c2ccc(C)cc2)cc1.[Cl-].[Cl-]. The number of hydrogen-bond donors (Lipinski definition) is 0. The molecule has 1 atom stereocenters. The van der Waals surface area contributed by atoms with E-state index in [0.29, 0.717) is 11.8 Å². The molecular formula is C50H54Cl2Zr-2. The van der Waals surface area contributed by atoms with Gasteiger partial charge in [0.05, 0.1) is 0 Å². The summed E-state index contributed by atoms with van der Waals surface area (Å²) in [5.74, 6) is 1.20. The van der Waals surface area contributed by atoms with Gasteiger partial charge in [0.2, 0.25) is 0 Å². The number of benzene rings is 4. The summed E-state index contributed by atoms with van der Waals surface area (Å²) in [5, 5.41) is 0. The summed E-state index contributed by atoms with van der Waals surface area (Å²) in [6.45, 7) is 26.7. The van der Waals surface area contributed by atoms with Crippen molar-refractivity contribution < 1.29 is 49.0 Å². The van der Waals surface area contributed by atoms with Crippen molar-refractivity contribution in [1.82, 2.24) is 0 Å². The van der Waals surface area contributed by atoms with Crippen molar-refractivity contribution in [3.8, 4) is 11.1 Å². The van der Waals surface area contributed by atoms with E-state index in [4.69, 9.17) is 0 Å². The zero-order chi connectivity index (χ0) is 37.0. The number of allylic oxidation sites excluding steroid dienone is 8. The van der Waals surface area contributed by atoms with Gasteiger partial charge in [-0.1, -0.05) is 97.8 Å². The van der Waals surface area contributed by atoms with E-state index < -0.39 is 0 Å². The minimum Gasteiger partial charge on any atom is -1.00 e. The first-order valence-electron chi connectivity index (χ1n) is 18.7. The Morgan fingerprint density at radius 3 is 1.62 bits per heavy atom. The van der Waals surface area contributed by atoms with Crippen molar-refractivity contribution in [3.63, 3.8) is 0 Å². The van der Waals surface area contributed by atoms with Gasteiger partial charge in [-0.25, -0.2) is 11.1 Å². The molecule has 0 fully saturated rings. The minimum absolute atomic E-state index is 0. The molecule has 0 amide bonds. The van der Waals surface area contributed by atoms with Crippen LogP contribution >= 0.6 is 0 Å². The molecule has 4 aromatic carbocycles. The van der Waals surface area contributed by atoms with Crippen molar-refractivity contribution >= 4 is 14.4 Å². The molecule has 0 aromatic heterocycles. The van der Waals surface area contributed by atoms with Crippen LogP contribution in [0.15, 0.2) is 96.1 Å². The van der Waals surface area contributed by atoms with E-state index in [1.165, 1.54) is 116 Å². The molecule has 0 radical (unpaired) electrons. The second-order valence-corrected chi connectivity index (χ2v) is 17.9. The van der Waals surface area contributed by atoms with Crippen molar-refractivity contribution in [3.05, 3.63) is 164 Å². The first-order valence-corrected chi connectivity index (χ1v) is 19.9. The van der Waals surface area contributed by atoms with Crippen LogP contribution in [-0.4, -0.2) is 3.21 Å². The quantitative estimate of drug-likeness (QED) is 0.175. The normalized spacial score (nSPS) is 17.5. The summed E-state index contributed by atoms with van der Waals surface area (Å²) in [6.07, 6.45) is 12.8. The van der Waals surface area contributed by atoms with Gasteiger partial charge in [-0.05, 0) is 58.4 Å². The Bertz CT molecular complexity index is 2020. The summed E-state index contributed by atoms with van der Waals surface area (Å²) in [4.78, 5) is 0. The number of halogens is 2. The van der Waals surface area contributed by atoms with E-state index in [0.717, 1.165) is 6.42 Å². The van der Waals surface area contributed by atoms with Crippen molar-refractivity contribution in [2.45, 2.75) is 100 Å². The van der Waals surface area contributed by atoms with Crippen LogP contribution < -0.4 is 24.8 Å². The van der Waals surface area contributed by atoms with E-state index >= 15 is 0 Å². The molecule has 1 unspecified atom stereocenters. The molecule has 274 valence electrons. The van der Waals surface area contributed by atoms with E-state index in [9.17, 15) is 0 Å². The van der Waals surface area contributed by atoms with Crippen LogP contribution in [-0.2, 0) is 41.5 Å². The van der Waals surface area contributed by atoms with Crippen molar-refractivity contribution in [2.24, 2.45) is 11.8 Å². The molecule has 0 heterocycles. The molecule has 0 N–H and O–H groups in total. The van der Waals surface area contributed by atoms with E-state index in [-0.39, 0.29) is 35.6 Å². The predicted molar refractivity (Wildman–Crippen MR) is 217 cm³/mol. The number of rotatable bonds is 3. The van der Waals surface area contributed by atoms with Gasteiger partial charge in [-0.2, -0.15) is 17.2 Å². The maximum atomic E-state index is 3.65. The number of fused-ring (bicyclic) bond motifs is 5. The topological polar surface area (TPSA) is 0 Å². The smallest absolute Gasteiger partial charge is 1.00 e. The predicted octanol–water partition coefficient (Wildman–Crippen LogP) is 6.85. The fourth-order valence-corrected chi connectivity index (χ4v) is 9.19. The van der Waals surface area contributed by atoms with Gasteiger partial charge in [-0.3, -0.25) is 12.2 Å². The third-order valence-electron chi connectivity index (χ3n) is 11.0. The van der Waals surface area contributed by atoms with Crippen LogP contribution in [0.5, 0.6) is 0 Å². The summed E-state index contributed by atoms with van der Waals surface area (Å²) in [7, 11) is 0. The van der Waals surface area contributed by atoms with E-state index in [1.54, 1.807) is 0 Å². The largest absolute Gasteiger partial charge is 1.00 e. The summed E-state index contributed by atoms with van der Waals surface area (Å²) in [6, 6.07) is 27.3. The Labute approximate surface area is 348 Å². The Balaban J connectivity index is 0.000000194. The van der Waals surface area contributed by atoms with Crippen LogP contribution in [0.3, 0.4) is 0 Å². The average Bonchev–Trinajstić information content (AvgIpc) is 3.74. The number of hydrogen-bond acceptors (Lipinski definition) is 0. The Morgan fingerprint density at radius 2 is 1.17 bits per heavy atom. The van der Waals surface area contributed by atoms with Gasteiger partial charge in [0.1, 0.15) is 0 Å². The minimum atomic E-state index is 0. The molecule has 0 nitrogen and oxygen atoms in total. The van der Waals surface area contributed by atoms with Crippen LogP contribution in [0.1, 0.15) is 125 Å². The van der Waals surface area contributed by atoms with Crippen LogP contribution in [0.4, 0.5) is 0 Å². The van der Waals surface area contributed by atoms with Crippen LogP contribution in [0.2, 0.25) is 0 Å². The summed E-state index contributed by atoms with van der Waals surface area (Å²) >= 11 is 1.46. The van der Waals surface area contributed by atoms with Gasteiger partial charge in [0.15, 0.2) is 0 Å². The second kappa shape index (κ2) is 16.5. The van der Waals surface area contributed by atoms with Crippen molar-refractivity contribution in [2.75, 3.05) is 0 Å². The molecule has 53 heavy (non-hydrogen) atoms. The maximum Gasteiger partial charge on any atom is -1.00 e. The molecule has 4 aliphatic carbocycles. The van der Waals surface area contributed by atoms with Gasteiger partial charge < -0.3 is 24.8 Å². The molecule has 3 heteroatoms. The first kappa shape index (κ1) is 42.9. The summed E-state index contributed by atoms with van der Waals surface area (Å²) < 4.78 is 1.42. The van der Waals surface area contributed by atoms with E-state index in [1.807, 2.05) is 0 Å². The molecule has 0 aliphatic heterocycles. The number of aryl methyl sites for hydroxylation is 2. The standard InChI is InChI=1S/C25H25.C15H14.C10H15.2ClH.Zr/c1-14-12-24(3,4)22-8-16-7-17-9-23-19(15(2)13-25(23,5)6)11-21(17)20(16)10-18(14)22;1-12-3-7-14(8-4-12)11-15-9-5-13(2)6-10-15;1-7(2)10-6-8(3)5-9(10)4;;;/h8-12H,7H2,1-6H3;3-10H,1-2H3;6-8H,1-4H3;2*1H;/q-1;;-1;;;+2/p-2. The average molecular weight is 817 g/mol. The Hall–Kier alpha value is -2.83. The molecular weight excluding hydrogens is 763 g/mol. The third-order valence-corrected chi connectivity index (χ3v) is 12.5. The molecule has 4 aliphatic rings.